The molecule has 2 atom stereocenters. The van der Waals surface area contributed by atoms with Crippen molar-refractivity contribution in [3.8, 4) is 0 Å². The number of anilines is 1. The number of thioether (sulfide) groups is 1. The molecule has 1 aromatic rings. The van der Waals surface area contributed by atoms with Crippen molar-refractivity contribution in [2.45, 2.75) is 37.0 Å². The van der Waals surface area contributed by atoms with Crippen LogP contribution in [0.2, 0.25) is 0 Å². The Morgan fingerprint density at radius 2 is 2.12 bits per heavy atom. The number of hydrogen-bond acceptors (Lipinski definition) is 5. The fraction of sp³-hybridized carbons (Fsp3) is 0.556. The number of ketones is 1. The molecule has 4 nitrogen and oxygen atoms in total. The zero-order valence-electron chi connectivity index (χ0n) is 14.1. The fourth-order valence-electron chi connectivity index (χ4n) is 3.47. The zero-order chi connectivity index (χ0) is 17.3. The van der Waals surface area contributed by atoms with E-state index in [-0.39, 0.29) is 22.6 Å². The van der Waals surface area contributed by atoms with E-state index >= 15 is 0 Å². The summed E-state index contributed by atoms with van der Waals surface area (Å²) in [5, 5.41) is -0.134. The number of carbonyl (C=O) groups excluding carboxylic acids is 2. The fourth-order valence-corrected chi connectivity index (χ4v) is 4.88. The summed E-state index contributed by atoms with van der Waals surface area (Å²) in [6.07, 6.45) is 2.85. The maximum atomic E-state index is 11.9. The number of nitrogens with zero attached hydrogens (tertiary/aromatic N) is 2. The minimum atomic E-state index is -0.155. The highest BCUT2D eigenvalue weighted by Crippen LogP contribution is 2.33. The third kappa shape index (κ3) is 4.03. The topological polar surface area (TPSA) is 40.6 Å². The van der Waals surface area contributed by atoms with Crippen LogP contribution in [0.15, 0.2) is 22.7 Å². The van der Waals surface area contributed by atoms with Gasteiger partial charge in [0.25, 0.3) is 0 Å². The summed E-state index contributed by atoms with van der Waals surface area (Å²) < 4.78 is 1.06. The van der Waals surface area contributed by atoms with Crippen LogP contribution in [0.25, 0.3) is 0 Å². The van der Waals surface area contributed by atoms with Crippen LogP contribution < -0.4 is 4.90 Å². The van der Waals surface area contributed by atoms with Crippen molar-refractivity contribution < 1.29 is 9.59 Å². The van der Waals surface area contributed by atoms with E-state index in [0.717, 1.165) is 30.4 Å². The first-order valence-electron chi connectivity index (χ1n) is 8.36. The maximum Gasteiger partial charge on any atom is 0.197 e. The van der Waals surface area contributed by atoms with Crippen molar-refractivity contribution in [1.82, 2.24) is 4.90 Å². The van der Waals surface area contributed by atoms with Crippen LogP contribution >= 0.6 is 27.7 Å². The molecule has 2 fully saturated rings. The van der Waals surface area contributed by atoms with Gasteiger partial charge in [0.2, 0.25) is 0 Å². The Kier molecular flexibility index (Phi) is 5.67. The van der Waals surface area contributed by atoms with E-state index in [4.69, 9.17) is 0 Å². The third-order valence-electron chi connectivity index (χ3n) is 4.90. The van der Waals surface area contributed by atoms with E-state index in [0.29, 0.717) is 6.04 Å². The molecular weight excluding hydrogens is 388 g/mol. The van der Waals surface area contributed by atoms with Crippen LogP contribution in [0.1, 0.15) is 24.8 Å². The number of rotatable bonds is 5. The van der Waals surface area contributed by atoms with Crippen LogP contribution in [0.3, 0.4) is 0 Å². The molecule has 0 bridgehead atoms. The van der Waals surface area contributed by atoms with E-state index in [2.05, 4.69) is 58.0 Å². The van der Waals surface area contributed by atoms with E-state index in [1.165, 1.54) is 29.4 Å². The van der Waals surface area contributed by atoms with Gasteiger partial charge in [0.15, 0.2) is 10.9 Å². The van der Waals surface area contributed by atoms with Crippen molar-refractivity contribution in [3.05, 3.63) is 28.2 Å². The Morgan fingerprint density at radius 3 is 2.75 bits per heavy atom. The Morgan fingerprint density at radius 1 is 1.33 bits per heavy atom. The van der Waals surface area contributed by atoms with E-state index in [1.54, 1.807) is 0 Å². The molecule has 2 heterocycles. The smallest absolute Gasteiger partial charge is 0.197 e. The number of halogens is 1. The van der Waals surface area contributed by atoms with Gasteiger partial charge in [0, 0.05) is 29.3 Å². The average Bonchev–Trinajstić information content (AvgIpc) is 3.12. The Labute approximate surface area is 156 Å². The predicted molar refractivity (Wildman–Crippen MR) is 103 cm³/mol. The lowest BCUT2D eigenvalue weighted by Gasteiger charge is -2.24. The Hall–Kier alpha value is -0.850. The predicted octanol–water partition coefficient (Wildman–Crippen LogP) is 3.12. The quantitative estimate of drug-likeness (QED) is 0.697. The van der Waals surface area contributed by atoms with Gasteiger partial charge in [-0.1, -0.05) is 27.7 Å². The molecule has 0 aromatic heterocycles. The summed E-state index contributed by atoms with van der Waals surface area (Å²) in [5.41, 5.74) is 2.53. The second-order valence-corrected chi connectivity index (χ2v) is 8.96. The molecule has 2 saturated heterocycles. The van der Waals surface area contributed by atoms with Gasteiger partial charge >= 0.3 is 0 Å². The number of Topliss-reactive ketones (excluding diaryl/α,β-unsaturated/α-hetero) is 1. The number of aryl methyl sites for hydroxylation is 1. The van der Waals surface area contributed by atoms with Crippen LogP contribution in [0.5, 0.6) is 0 Å². The van der Waals surface area contributed by atoms with Gasteiger partial charge in [-0.15, -0.1) is 0 Å². The van der Waals surface area contributed by atoms with Crippen molar-refractivity contribution >= 4 is 44.3 Å². The molecule has 2 aliphatic rings. The SMILES string of the molecule is CN(C)[C@H]1CCN(c2ccc(Br)cc2CCC2SC(=O)CC2=O)C1. The lowest BCUT2D eigenvalue weighted by molar-refractivity contribution is -0.121. The van der Waals surface area contributed by atoms with E-state index in [1.807, 2.05) is 0 Å². The number of hydrogen-bond donors (Lipinski definition) is 0. The number of likely N-dealkylation sites (N-methyl/N-ethyl adjacent to an activating group) is 1. The van der Waals surface area contributed by atoms with Crippen molar-refractivity contribution in [3.63, 3.8) is 0 Å². The Bertz CT molecular complexity index is 650. The molecule has 1 unspecified atom stereocenters. The second-order valence-electron chi connectivity index (χ2n) is 6.79. The minimum Gasteiger partial charge on any atom is -0.370 e. The molecule has 0 N–H and O–H groups in total. The molecule has 6 heteroatoms. The summed E-state index contributed by atoms with van der Waals surface area (Å²) in [7, 11) is 4.27. The number of benzene rings is 1. The standard InChI is InChI=1S/C18H23BrN2O2S/c1-20(2)14-7-8-21(11-14)15-5-4-13(19)9-12(15)3-6-17-16(22)10-18(23)24-17/h4-5,9,14,17H,3,6-8,10-11H2,1-2H3/t14-,17?/m0/s1. The van der Waals surface area contributed by atoms with Gasteiger partial charge in [-0.2, -0.15) is 0 Å². The van der Waals surface area contributed by atoms with Crippen molar-refractivity contribution in [1.29, 1.82) is 0 Å². The minimum absolute atomic E-state index is 0.0211. The Balaban J connectivity index is 1.72. The molecule has 24 heavy (non-hydrogen) atoms. The first-order valence-corrected chi connectivity index (χ1v) is 10.0. The molecule has 0 amide bonds. The first-order chi connectivity index (χ1) is 11.4. The second kappa shape index (κ2) is 7.58. The highest BCUT2D eigenvalue weighted by molar-refractivity contribution is 9.10. The largest absolute Gasteiger partial charge is 0.370 e. The first kappa shape index (κ1) is 18.0. The number of carbonyl (C=O) groups is 2. The van der Waals surface area contributed by atoms with Crippen molar-refractivity contribution in [2.24, 2.45) is 0 Å². The lowest BCUT2D eigenvalue weighted by atomic mass is 10.0. The van der Waals surface area contributed by atoms with Gasteiger partial charge in [-0.3, -0.25) is 9.59 Å². The van der Waals surface area contributed by atoms with Gasteiger partial charge in [-0.05, 0) is 57.1 Å². The molecular formula is C18H23BrN2O2S. The third-order valence-corrected chi connectivity index (χ3v) is 6.59. The summed E-state index contributed by atoms with van der Waals surface area (Å²) in [6.45, 7) is 2.10. The normalized spacial score (nSPS) is 24.4. The molecule has 2 aliphatic heterocycles. The average molecular weight is 411 g/mol. The highest BCUT2D eigenvalue weighted by Gasteiger charge is 2.32. The highest BCUT2D eigenvalue weighted by atomic mass is 79.9. The van der Waals surface area contributed by atoms with Crippen LogP contribution in [0.4, 0.5) is 5.69 Å². The van der Waals surface area contributed by atoms with E-state index < -0.39 is 0 Å². The van der Waals surface area contributed by atoms with E-state index in [9.17, 15) is 9.59 Å². The van der Waals surface area contributed by atoms with Crippen LogP contribution in [-0.4, -0.2) is 54.3 Å². The molecule has 0 radical (unpaired) electrons. The monoisotopic (exact) mass is 410 g/mol. The molecule has 0 spiro atoms. The summed E-state index contributed by atoms with van der Waals surface area (Å²) >= 11 is 4.78. The molecule has 0 aliphatic carbocycles. The lowest BCUT2D eigenvalue weighted by Crippen LogP contribution is -2.31. The summed E-state index contributed by atoms with van der Waals surface area (Å²) in [5.74, 6) is 0.0930. The molecule has 1 aromatic carbocycles. The maximum absolute atomic E-state index is 11.9. The summed E-state index contributed by atoms with van der Waals surface area (Å²) in [6, 6.07) is 7.00. The van der Waals surface area contributed by atoms with Crippen LogP contribution in [-0.2, 0) is 16.0 Å². The van der Waals surface area contributed by atoms with Gasteiger partial charge in [0.05, 0.1) is 11.7 Å². The zero-order valence-corrected chi connectivity index (χ0v) is 16.5. The summed E-state index contributed by atoms with van der Waals surface area (Å²) in [4.78, 5) is 28.0. The molecule has 0 saturated carbocycles. The van der Waals surface area contributed by atoms with Gasteiger partial charge < -0.3 is 9.80 Å². The molecule has 3 rings (SSSR count). The van der Waals surface area contributed by atoms with Crippen molar-refractivity contribution in [2.75, 3.05) is 32.1 Å². The van der Waals surface area contributed by atoms with Gasteiger partial charge in [0.1, 0.15) is 0 Å². The van der Waals surface area contributed by atoms with Crippen LogP contribution in [0, 0.1) is 0 Å². The molecule has 130 valence electrons. The van der Waals surface area contributed by atoms with Gasteiger partial charge in [-0.25, -0.2) is 0 Å².